The summed E-state index contributed by atoms with van der Waals surface area (Å²) in [6, 6.07) is 0. The summed E-state index contributed by atoms with van der Waals surface area (Å²) in [6.45, 7) is 4.59. The topological polar surface area (TPSA) is 46.5 Å². The molecule has 72 valence electrons. The molecule has 3 nitrogen and oxygen atoms in total. The number of carbonyl (C=O) groups is 1. The third kappa shape index (κ3) is 5.13. The second kappa shape index (κ2) is 6.00. The van der Waals surface area contributed by atoms with Crippen LogP contribution in [0.2, 0.25) is 0 Å². The van der Waals surface area contributed by atoms with Gasteiger partial charge in [-0.15, -0.1) is 0 Å². The van der Waals surface area contributed by atoms with Crippen molar-refractivity contribution in [2.45, 2.75) is 26.7 Å². The van der Waals surface area contributed by atoms with E-state index in [-0.39, 0.29) is 5.92 Å². The zero-order chi connectivity index (χ0) is 9.56. The van der Waals surface area contributed by atoms with Gasteiger partial charge in [-0.05, 0) is 18.8 Å². The quantitative estimate of drug-likeness (QED) is 0.667. The maximum atomic E-state index is 10.7. The summed E-state index contributed by atoms with van der Waals surface area (Å²) in [5.74, 6) is -0.520. The molecule has 0 amide bonds. The van der Waals surface area contributed by atoms with Gasteiger partial charge in [0.25, 0.3) is 0 Å². The molecule has 1 unspecified atom stereocenters. The van der Waals surface area contributed by atoms with E-state index in [1.807, 2.05) is 13.8 Å². The van der Waals surface area contributed by atoms with Crippen molar-refractivity contribution >= 4 is 5.97 Å². The number of methoxy groups -OCH3 is 1. The molecule has 0 aromatic heterocycles. The molecule has 0 rings (SSSR count). The van der Waals surface area contributed by atoms with Gasteiger partial charge in [0, 0.05) is 13.7 Å². The fourth-order valence-corrected chi connectivity index (χ4v) is 1.17. The summed E-state index contributed by atoms with van der Waals surface area (Å²) in [4.78, 5) is 10.7. The van der Waals surface area contributed by atoms with E-state index in [1.54, 1.807) is 7.11 Å². The fraction of sp³-hybridized carbons (Fsp3) is 0.889. The van der Waals surface area contributed by atoms with E-state index >= 15 is 0 Å². The lowest BCUT2D eigenvalue weighted by Crippen LogP contribution is -2.17. The molecule has 0 spiro atoms. The van der Waals surface area contributed by atoms with E-state index in [0.29, 0.717) is 18.9 Å². The molecule has 0 saturated carbocycles. The van der Waals surface area contributed by atoms with Gasteiger partial charge in [-0.25, -0.2) is 0 Å². The molecular formula is C9H18O3. The molecular weight excluding hydrogens is 156 g/mol. The lowest BCUT2D eigenvalue weighted by Gasteiger charge is -2.13. The molecule has 0 aliphatic carbocycles. The Kier molecular flexibility index (Phi) is 5.72. The highest BCUT2D eigenvalue weighted by Crippen LogP contribution is 2.15. The van der Waals surface area contributed by atoms with Gasteiger partial charge in [0.2, 0.25) is 0 Å². The summed E-state index contributed by atoms with van der Waals surface area (Å²) in [5.41, 5.74) is 0. The van der Waals surface area contributed by atoms with Gasteiger partial charge in [-0.3, -0.25) is 4.79 Å². The Morgan fingerprint density at radius 1 is 1.50 bits per heavy atom. The maximum absolute atomic E-state index is 10.7. The summed E-state index contributed by atoms with van der Waals surface area (Å²) < 4.78 is 4.84. The number of carboxylic acid groups (broad SMARTS) is 1. The first-order chi connectivity index (χ1) is 5.57. The lowest BCUT2D eigenvalue weighted by atomic mass is 9.95. The highest BCUT2D eigenvalue weighted by molar-refractivity contribution is 5.69. The molecule has 0 aliphatic heterocycles. The predicted octanol–water partition coefficient (Wildman–Crippen LogP) is 1.77. The van der Waals surface area contributed by atoms with E-state index in [0.717, 1.165) is 6.42 Å². The van der Waals surface area contributed by atoms with E-state index in [2.05, 4.69) is 0 Å². The Hall–Kier alpha value is -0.570. The van der Waals surface area contributed by atoms with Crippen LogP contribution in [0.5, 0.6) is 0 Å². The van der Waals surface area contributed by atoms with Gasteiger partial charge in [-0.1, -0.05) is 13.8 Å². The van der Waals surface area contributed by atoms with Crippen molar-refractivity contribution in [2.24, 2.45) is 11.8 Å². The molecule has 0 aromatic carbocycles. The number of hydrogen-bond acceptors (Lipinski definition) is 2. The molecule has 1 atom stereocenters. The van der Waals surface area contributed by atoms with Crippen molar-refractivity contribution in [3.05, 3.63) is 0 Å². The van der Waals surface area contributed by atoms with Gasteiger partial charge in [-0.2, -0.15) is 0 Å². The smallest absolute Gasteiger partial charge is 0.306 e. The molecule has 0 bridgehead atoms. The molecule has 12 heavy (non-hydrogen) atoms. The van der Waals surface area contributed by atoms with Crippen molar-refractivity contribution in [2.75, 3.05) is 13.7 Å². The predicted molar refractivity (Wildman–Crippen MR) is 47.1 cm³/mol. The summed E-state index contributed by atoms with van der Waals surface area (Å²) >= 11 is 0. The van der Waals surface area contributed by atoms with Crippen LogP contribution in [-0.2, 0) is 9.53 Å². The van der Waals surface area contributed by atoms with Gasteiger partial charge in [0.15, 0.2) is 0 Å². The van der Waals surface area contributed by atoms with Crippen LogP contribution in [-0.4, -0.2) is 24.8 Å². The average molecular weight is 174 g/mol. The second-order valence-corrected chi connectivity index (χ2v) is 3.45. The Labute approximate surface area is 73.7 Å². The summed E-state index contributed by atoms with van der Waals surface area (Å²) in [5, 5.41) is 8.79. The Bertz CT molecular complexity index is 132. The Morgan fingerprint density at radius 3 is 2.42 bits per heavy atom. The largest absolute Gasteiger partial charge is 0.481 e. The van der Waals surface area contributed by atoms with Crippen molar-refractivity contribution < 1.29 is 14.6 Å². The van der Waals surface area contributed by atoms with Crippen LogP contribution in [0, 0.1) is 11.8 Å². The van der Waals surface area contributed by atoms with E-state index in [4.69, 9.17) is 9.84 Å². The first kappa shape index (κ1) is 11.4. The van der Waals surface area contributed by atoms with Crippen LogP contribution in [0.4, 0.5) is 0 Å². The molecule has 0 radical (unpaired) electrons. The van der Waals surface area contributed by atoms with Crippen molar-refractivity contribution in [1.29, 1.82) is 0 Å². The van der Waals surface area contributed by atoms with Crippen LogP contribution in [0.25, 0.3) is 0 Å². The lowest BCUT2D eigenvalue weighted by molar-refractivity contribution is -0.142. The highest BCUT2D eigenvalue weighted by atomic mass is 16.5. The highest BCUT2D eigenvalue weighted by Gasteiger charge is 2.17. The number of aliphatic carboxylic acids is 1. The standard InChI is InChI=1S/C9H18O3/c1-7(2)6-8(9(10)11)4-5-12-3/h7-8H,4-6H2,1-3H3,(H,10,11). The van der Waals surface area contributed by atoms with Gasteiger partial charge in [0.05, 0.1) is 5.92 Å². The Balaban J connectivity index is 3.78. The molecule has 0 saturated heterocycles. The molecule has 0 aromatic rings. The van der Waals surface area contributed by atoms with Gasteiger partial charge >= 0.3 is 5.97 Å². The molecule has 0 heterocycles. The average Bonchev–Trinajstić information content (AvgIpc) is 1.96. The van der Waals surface area contributed by atoms with Crippen LogP contribution in [0.3, 0.4) is 0 Å². The first-order valence-corrected chi connectivity index (χ1v) is 4.29. The van der Waals surface area contributed by atoms with Crippen LogP contribution >= 0.6 is 0 Å². The van der Waals surface area contributed by atoms with Crippen LogP contribution in [0.15, 0.2) is 0 Å². The monoisotopic (exact) mass is 174 g/mol. The molecule has 0 fully saturated rings. The van der Waals surface area contributed by atoms with Crippen molar-refractivity contribution in [3.63, 3.8) is 0 Å². The third-order valence-corrected chi connectivity index (χ3v) is 1.78. The van der Waals surface area contributed by atoms with Crippen molar-refractivity contribution in [1.82, 2.24) is 0 Å². The second-order valence-electron chi connectivity index (χ2n) is 3.45. The normalized spacial score (nSPS) is 13.3. The number of rotatable bonds is 6. The maximum Gasteiger partial charge on any atom is 0.306 e. The zero-order valence-corrected chi connectivity index (χ0v) is 8.04. The summed E-state index contributed by atoms with van der Waals surface area (Å²) in [6.07, 6.45) is 1.35. The SMILES string of the molecule is COCCC(CC(C)C)C(=O)O. The number of ether oxygens (including phenoxy) is 1. The zero-order valence-electron chi connectivity index (χ0n) is 8.04. The van der Waals surface area contributed by atoms with Gasteiger partial charge in [0.1, 0.15) is 0 Å². The minimum Gasteiger partial charge on any atom is -0.481 e. The van der Waals surface area contributed by atoms with E-state index in [1.165, 1.54) is 0 Å². The first-order valence-electron chi connectivity index (χ1n) is 4.29. The Morgan fingerprint density at radius 2 is 2.08 bits per heavy atom. The molecule has 1 N–H and O–H groups in total. The van der Waals surface area contributed by atoms with E-state index < -0.39 is 5.97 Å². The van der Waals surface area contributed by atoms with E-state index in [9.17, 15) is 4.79 Å². The number of hydrogen-bond donors (Lipinski definition) is 1. The van der Waals surface area contributed by atoms with Crippen LogP contribution < -0.4 is 0 Å². The van der Waals surface area contributed by atoms with Gasteiger partial charge < -0.3 is 9.84 Å². The fourth-order valence-electron chi connectivity index (χ4n) is 1.17. The summed E-state index contributed by atoms with van der Waals surface area (Å²) in [7, 11) is 1.59. The minimum atomic E-state index is -0.708. The van der Waals surface area contributed by atoms with Crippen molar-refractivity contribution in [3.8, 4) is 0 Å². The molecule has 0 aliphatic rings. The molecule has 3 heteroatoms. The van der Waals surface area contributed by atoms with Crippen LogP contribution in [0.1, 0.15) is 26.7 Å². The number of carboxylic acids is 1. The minimum absolute atomic E-state index is 0.245. The third-order valence-electron chi connectivity index (χ3n) is 1.78.